The van der Waals surface area contributed by atoms with E-state index >= 15 is 0 Å². The number of rotatable bonds is 6. The fraction of sp³-hybridized carbons (Fsp3) is 0.500. The fourth-order valence-corrected chi connectivity index (χ4v) is 5.09. The molecule has 0 saturated carbocycles. The Balaban J connectivity index is 1.90. The van der Waals surface area contributed by atoms with Crippen LogP contribution in [0.4, 0.5) is 11.4 Å². The van der Waals surface area contributed by atoms with Gasteiger partial charge in [0, 0.05) is 42.9 Å². The minimum atomic E-state index is -3.39. The smallest absolute Gasteiger partial charge is 0.183 e. The number of halogens is 1. The Morgan fingerprint density at radius 2 is 1.96 bits per heavy atom. The molecule has 27 heavy (non-hydrogen) atoms. The first-order valence-electron chi connectivity index (χ1n) is 8.93. The number of nitrogens with one attached hydrogen (secondary N) is 1. The molecule has 1 aromatic carbocycles. The summed E-state index contributed by atoms with van der Waals surface area (Å²) < 4.78 is 26.1. The highest BCUT2D eigenvalue weighted by Gasteiger charge is 2.24. The normalized spacial score (nSPS) is 16.1. The SMILES string of the molecule is CC(C)S(=O)(=O)c1ccc(N2CCN(C)CC2)cc1NCc1cnc(Cl)s1. The molecule has 0 atom stereocenters. The molecule has 1 saturated heterocycles. The Morgan fingerprint density at radius 3 is 2.56 bits per heavy atom. The topological polar surface area (TPSA) is 65.5 Å². The van der Waals surface area contributed by atoms with Crippen molar-refractivity contribution >= 4 is 44.1 Å². The van der Waals surface area contributed by atoms with Crippen LogP contribution >= 0.6 is 22.9 Å². The lowest BCUT2D eigenvalue weighted by Gasteiger charge is -2.34. The average Bonchev–Trinajstić information content (AvgIpc) is 3.05. The summed E-state index contributed by atoms with van der Waals surface area (Å²) in [5, 5.41) is 2.81. The molecule has 148 valence electrons. The van der Waals surface area contributed by atoms with Gasteiger partial charge in [-0.05, 0) is 39.1 Å². The van der Waals surface area contributed by atoms with E-state index in [0.29, 0.717) is 21.6 Å². The van der Waals surface area contributed by atoms with Crippen molar-refractivity contribution in [3.8, 4) is 0 Å². The number of piperazine rings is 1. The molecule has 0 aliphatic carbocycles. The van der Waals surface area contributed by atoms with Gasteiger partial charge in [-0.1, -0.05) is 11.6 Å². The summed E-state index contributed by atoms with van der Waals surface area (Å²) in [5.74, 6) is 0. The van der Waals surface area contributed by atoms with E-state index in [-0.39, 0.29) is 0 Å². The second-order valence-electron chi connectivity index (χ2n) is 7.00. The van der Waals surface area contributed by atoms with Crippen LogP contribution in [0.2, 0.25) is 4.47 Å². The van der Waals surface area contributed by atoms with Crippen molar-refractivity contribution in [3.63, 3.8) is 0 Å². The van der Waals surface area contributed by atoms with Crippen LogP contribution in [0, 0.1) is 0 Å². The van der Waals surface area contributed by atoms with E-state index in [2.05, 4.69) is 27.1 Å². The van der Waals surface area contributed by atoms with E-state index in [1.54, 1.807) is 26.1 Å². The van der Waals surface area contributed by atoms with Crippen molar-refractivity contribution < 1.29 is 8.42 Å². The second kappa shape index (κ2) is 8.34. The van der Waals surface area contributed by atoms with Gasteiger partial charge in [-0.2, -0.15) is 0 Å². The van der Waals surface area contributed by atoms with Crippen LogP contribution < -0.4 is 10.2 Å². The molecule has 1 aliphatic heterocycles. The average molecular weight is 429 g/mol. The first kappa shape index (κ1) is 20.4. The van der Waals surface area contributed by atoms with Crippen molar-refractivity contribution in [2.24, 2.45) is 0 Å². The maximum absolute atomic E-state index is 12.8. The van der Waals surface area contributed by atoms with Crippen LogP contribution in [0.15, 0.2) is 29.3 Å². The summed E-state index contributed by atoms with van der Waals surface area (Å²) in [6.45, 7) is 7.74. The number of aromatic nitrogens is 1. The van der Waals surface area contributed by atoms with Gasteiger partial charge in [-0.25, -0.2) is 13.4 Å². The molecule has 2 aromatic rings. The quantitative estimate of drug-likeness (QED) is 0.761. The van der Waals surface area contributed by atoms with Gasteiger partial charge in [-0.3, -0.25) is 0 Å². The van der Waals surface area contributed by atoms with Crippen molar-refractivity contribution in [1.82, 2.24) is 9.88 Å². The first-order valence-corrected chi connectivity index (χ1v) is 11.7. The van der Waals surface area contributed by atoms with E-state index in [1.807, 2.05) is 12.1 Å². The van der Waals surface area contributed by atoms with Crippen LogP contribution in [-0.4, -0.2) is 56.8 Å². The van der Waals surface area contributed by atoms with E-state index in [9.17, 15) is 8.42 Å². The van der Waals surface area contributed by atoms with Crippen molar-refractivity contribution in [1.29, 1.82) is 0 Å². The number of hydrogen-bond acceptors (Lipinski definition) is 7. The maximum atomic E-state index is 12.8. The predicted molar refractivity (Wildman–Crippen MR) is 113 cm³/mol. The van der Waals surface area contributed by atoms with Crippen LogP contribution in [0.1, 0.15) is 18.7 Å². The molecule has 9 heteroatoms. The highest BCUT2D eigenvalue weighted by atomic mass is 35.5. The lowest BCUT2D eigenvalue weighted by atomic mass is 10.2. The van der Waals surface area contributed by atoms with E-state index in [0.717, 1.165) is 36.7 Å². The third-order valence-electron chi connectivity index (χ3n) is 4.74. The maximum Gasteiger partial charge on any atom is 0.183 e. The summed E-state index contributed by atoms with van der Waals surface area (Å²) in [5.41, 5.74) is 1.67. The second-order valence-corrected chi connectivity index (χ2v) is 11.2. The summed E-state index contributed by atoms with van der Waals surface area (Å²) in [7, 11) is -1.28. The minimum Gasteiger partial charge on any atom is -0.379 e. The van der Waals surface area contributed by atoms with Crippen LogP contribution in [0.3, 0.4) is 0 Å². The number of benzene rings is 1. The molecule has 0 spiro atoms. The van der Waals surface area contributed by atoms with E-state index < -0.39 is 15.1 Å². The van der Waals surface area contributed by atoms with Crippen LogP contribution in [-0.2, 0) is 16.4 Å². The Kier molecular flexibility index (Phi) is 6.30. The van der Waals surface area contributed by atoms with Gasteiger partial charge >= 0.3 is 0 Å². The van der Waals surface area contributed by atoms with Crippen molar-refractivity contribution in [2.75, 3.05) is 43.4 Å². The molecule has 0 amide bonds. The van der Waals surface area contributed by atoms with Crippen molar-refractivity contribution in [2.45, 2.75) is 30.5 Å². The van der Waals surface area contributed by atoms with Gasteiger partial charge < -0.3 is 15.1 Å². The van der Waals surface area contributed by atoms with Gasteiger partial charge in [0.2, 0.25) is 0 Å². The molecular formula is C18H25ClN4O2S2. The van der Waals surface area contributed by atoms with Gasteiger partial charge in [0.05, 0.1) is 22.4 Å². The number of likely N-dealkylation sites (N-methyl/N-ethyl adjacent to an activating group) is 1. The van der Waals surface area contributed by atoms with Crippen LogP contribution in [0.5, 0.6) is 0 Å². The van der Waals surface area contributed by atoms with Crippen molar-refractivity contribution in [3.05, 3.63) is 33.7 Å². The van der Waals surface area contributed by atoms with E-state index in [4.69, 9.17) is 11.6 Å². The molecule has 6 nitrogen and oxygen atoms in total. The molecule has 1 N–H and O–H groups in total. The zero-order chi connectivity index (χ0) is 19.6. The lowest BCUT2D eigenvalue weighted by Crippen LogP contribution is -2.44. The number of anilines is 2. The summed E-state index contributed by atoms with van der Waals surface area (Å²) >= 11 is 7.28. The molecule has 0 unspecified atom stereocenters. The van der Waals surface area contributed by atoms with Gasteiger partial charge in [-0.15, -0.1) is 11.3 Å². The monoisotopic (exact) mass is 428 g/mol. The van der Waals surface area contributed by atoms with E-state index in [1.165, 1.54) is 11.3 Å². The minimum absolute atomic E-state index is 0.339. The standard InChI is InChI=1S/C18H25ClN4O2S2/c1-13(2)27(24,25)17-5-4-14(23-8-6-22(3)7-9-23)10-16(17)20-11-15-12-21-18(19)26-15/h4-5,10,12-13,20H,6-9,11H2,1-3H3. The third-order valence-corrected chi connectivity index (χ3v) is 8.06. The molecule has 1 fully saturated rings. The fourth-order valence-electron chi connectivity index (χ4n) is 2.97. The Hall–Kier alpha value is -1.35. The highest BCUT2D eigenvalue weighted by Crippen LogP contribution is 2.31. The zero-order valence-corrected chi connectivity index (χ0v) is 18.2. The number of hydrogen-bond donors (Lipinski definition) is 1. The zero-order valence-electron chi connectivity index (χ0n) is 15.8. The largest absolute Gasteiger partial charge is 0.379 e. The Bertz CT molecular complexity index is 891. The van der Waals surface area contributed by atoms with Gasteiger partial charge in [0.15, 0.2) is 14.3 Å². The summed E-state index contributed by atoms with van der Waals surface area (Å²) in [6, 6.07) is 5.59. The Morgan fingerprint density at radius 1 is 1.26 bits per heavy atom. The molecule has 1 aliphatic rings. The number of sulfone groups is 1. The first-order chi connectivity index (χ1) is 12.8. The summed E-state index contributed by atoms with van der Waals surface area (Å²) in [4.78, 5) is 9.92. The molecule has 1 aromatic heterocycles. The van der Waals surface area contributed by atoms with Gasteiger partial charge in [0.1, 0.15) is 0 Å². The summed E-state index contributed by atoms with van der Waals surface area (Å²) in [6.07, 6.45) is 1.71. The number of thiazole rings is 1. The molecule has 0 radical (unpaired) electrons. The molecular weight excluding hydrogens is 404 g/mol. The lowest BCUT2D eigenvalue weighted by molar-refractivity contribution is 0.313. The number of nitrogens with zero attached hydrogens (tertiary/aromatic N) is 3. The van der Waals surface area contributed by atoms with Crippen LogP contribution in [0.25, 0.3) is 0 Å². The Labute approximate surface area is 170 Å². The molecule has 0 bridgehead atoms. The highest BCUT2D eigenvalue weighted by molar-refractivity contribution is 7.92. The predicted octanol–water partition coefficient (Wildman–Crippen LogP) is 3.34. The molecule has 2 heterocycles. The molecule has 3 rings (SSSR count). The van der Waals surface area contributed by atoms with Gasteiger partial charge in [0.25, 0.3) is 0 Å². The third kappa shape index (κ3) is 4.74.